The molecule has 9 nitrogen and oxygen atoms in total. The molecule has 1 fully saturated rings. The quantitative estimate of drug-likeness (QED) is 0.190. The van der Waals surface area contributed by atoms with E-state index in [9.17, 15) is 34.1 Å². The molecule has 12 heteroatoms. The fourth-order valence-electron chi connectivity index (χ4n) is 3.84. The number of primary amides is 1. The lowest BCUT2D eigenvalue weighted by Gasteiger charge is -2.40. The average Bonchev–Trinajstić information content (AvgIpc) is 2.80. The predicted octanol–water partition coefficient (Wildman–Crippen LogP) is 0.878. The number of aliphatic carboxylic acids is 1. The molecule has 0 radical (unpaired) electrons. The molecule has 1 aliphatic rings. The molecule has 0 bridgehead atoms. The SMILES string of the molecule is NC(=O)[C@H](CCC(=O)O)NC(=O)[C@H]1C[C@@H](O)[C@H](O)[C@H](O)[C@H]1SCCCCSCc1cccc(F)c1. The van der Waals surface area contributed by atoms with Crippen molar-refractivity contribution in [1.82, 2.24) is 5.32 Å². The number of unbranched alkanes of at least 4 members (excludes halogenated alkanes) is 1. The summed E-state index contributed by atoms with van der Waals surface area (Å²) in [5, 5.41) is 41.3. The number of benzene rings is 1. The minimum absolute atomic E-state index is 0.115. The highest BCUT2D eigenvalue weighted by molar-refractivity contribution is 8.00. The molecule has 0 saturated heterocycles. The van der Waals surface area contributed by atoms with E-state index in [1.165, 1.54) is 23.9 Å². The highest BCUT2D eigenvalue weighted by atomic mass is 32.2. The van der Waals surface area contributed by atoms with Gasteiger partial charge in [-0.15, -0.1) is 0 Å². The first-order valence-electron chi connectivity index (χ1n) is 11.4. The van der Waals surface area contributed by atoms with Gasteiger partial charge >= 0.3 is 5.97 Å². The summed E-state index contributed by atoms with van der Waals surface area (Å²) in [6.07, 6.45) is -3.10. The van der Waals surface area contributed by atoms with Crippen molar-refractivity contribution in [2.45, 2.75) is 67.5 Å². The van der Waals surface area contributed by atoms with Crippen LogP contribution < -0.4 is 11.1 Å². The number of hydrogen-bond acceptors (Lipinski definition) is 8. The van der Waals surface area contributed by atoms with Crippen molar-refractivity contribution in [1.29, 1.82) is 0 Å². The van der Waals surface area contributed by atoms with Gasteiger partial charge in [0.25, 0.3) is 0 Å². The van der Waals surface area contributed by atoms with Crippen molar-refractivity contribution >= 4 is 41.3 Å². The Morgan fingerprint density at radius 2 is 1.86 bits per heavy atom. The Balaban J connectivity index is 1.86. The minimum atomic E-state index is -1.41. The number of aliphatic hydroxyl groups is 3. The molecule has 0 spiro atoms. The topological polar surface area (TPSA) is 170 Å². The van der Waals surface area contributed by atoms with Crippen LogP contribution in [0.5, 0.6) is 0 Å². The first kappa shape index (κ1) is 29.4. The molecule has 1 aromatic rings. The van der Waals surface area contributed by atoms with Gasteiger partial charge in [-0.2, -0.15) is 23.5 Å². The number of nitrogens with one attached hydrogen (secondary N) is 1. The van der Waals surface area contributed by atoms with Crippen LogP contribution in [0.3, 0.4) is 0 Å². The standard InChI is InChI=1S/C23H33FN2O7S2/c24-14-5-3-4-13(10-14)12-34-8-1-2-9-35-21-15(11-17(27)19(30)20(21)31)23(33)26-16(22(25)32)6-7-18(28)29/h3-5,10,15-17,19-21,27,30-31H,1-2,6-9,11-12H2,(H2,25,32)(H,26,33)(H,28,29)/t15-,16-,17+,19-,20-,21-/m0/s1. The van der Waals surface area contributed by atoms with Gasteiger partial charge in [-0.3, -0.25) is 14.4 Å². The summed E-state index contributed by atoms with van der Waals surface area (Å²) in [5.74, 6) is -1.68. The maximum absolute atomic E-state index is 13.2. The Hall–Kier alpha value is -1.86. The van der Waals surface area contributed by atoms with Crippen molar-refractivity contribution in [3.8, 4) is 0 Å². The van der Waals surface area contributed by atoms with Crippen molar-refractivity contribution in [3.05, 3.63) is 35.6 Å². The Bertz CT molecular complexity index is 863. The summed E-state index contributed by atoms with van der Waals surface area (Å²) >= 11 is 2.98. The molecule has 6 atom stereocenters. The molecule has 35 heavy (non-hydrogen) atoms. The summed E-state index contributed by atoms with van der Waals surface area (Å²) < 4.78 is 13.2. The summed E-state index contributed by atoms with van der Waals surface area (Å²) in [6, 6.07) is 5.25. The van der Waals surface area contributed by atoms with Gasteiger partial charge in [0, 0.05) is 17.4 Å². The highest BCUT2D eigenvalue weighted by Crippen LogP contribution is 2.35. The zero-order valence-electron chi connectivity index (χ0n) is 19.2. The number of halogens is 1. The van der Waals surface area contributed by atoms with Gasteiger partial charge in [-0.1, -0.05) is 12.1 Å². The second-order valence-corrected chi connectivity index (χ2v) is 10.9. The number of rotatable bonds is 14. The largest absolute Gasteiger partial charge is 0.481 e. The molecule has 1 aromatic carbocycles. The third kappa shape index (κ3) is 9.60. The van der Waals surface area contributed by atoms with Crippen LogP contribution in [0.25, 0.3) is 0 Å². The van der Waals surface area contributed by atoms with E-state index in [-0.39, 0.29) is 25.1 Å². The molecule has 1 saturated carbocycles. The summed E-state index contributed by atoms with van der Waals surface area (Å²) in [7, 11) is 0. The molecule has 0 unspecified atom stereocenters. The van der Waals surface area contributed by atoms with Crippen molar-refractivity contribution in [2.24, 2.45) is 11.7 Å². The minimum Gasteiger partial charge on any atom is -0.481 e. The lowest BCUT2D eigenvalue weighted by atomic mass is 9.82. The number of carbonyl (C=O) groups is 3. The van der Waals surface area contributed by atoms with Crippen molar-refractivity contribution in [3.63, 3.8) is 0 Å². The molecule has 7 N–H and O–H groups in total. The normalized spacial score (nSPS) is 25.1. The molecular formula is C23H33FN2O7S2. The van der Waals surface area contributed by atoms with Crippen molar-refractivity contribution < 1.29 is 39.2 Å². The maximum atomic E-state index is 13.2. The van der Waals surface area contributed by atoms with Gasteiger partial charge in [0.2, 0.25) is 11.8 Å². The van der Waals surface area contributed by atoms with Crippen LogP contribution in [0.2, 0.25) is 0 Å². The summed E-state index contributed by atoms with van der Waals surface area (Å²) in [6.45, 7) is 0. The van der Waals surface area contributed by atoms with Crippen LogP contribution in [0.15, 0.2) is 24.3 Å². The molecule has 2 amide bonds. The maximum Gasteiger partial charge on any atom is 0.303 e. The van der Waals surface area contributed by atoms with E-state index in [1.54, 1.807) is 17.8 Å². The lowest BCUT2D eigenvalue weighted by Crippen LogP contribution is -2.57. The van der Waals surface area contributed by atoms with Gasteiger partial charge in [0.05, 0.1) is 18.1 Å². The number of carboxylic acids is 1. The Kier molecular flexibility index (Phi) is 12.3. The smallest absolute Gasteiger partial charge is 0.303 e. The van der Waals surface area contributed by atoms with Crippen LogP contribution in [0.1, 0.15) is 37.7 Å². The van der Waals surface area contributed by atoms with Gasteiger partial charge < -0.3 is 31.5 Å². The molecule has 0 aromatic heterocycles. The van der Waals surface area contributed by atoms with Crippen molar-refractivity contribution in [2.75, 3.05) is 11.5 Å². The third-order valence-electron chi connectivity index (χ3n) is 5.77. The highest BCUT2D eigenvalue weighted by Gasteiger charge is 2.46. The Morgan fingerprint density at radius 1 is 1.14 bits per heavy atom. The first-order valence-corrected chi connectivity index (χ1v) is 13.6. The predicted molar refractivity (Wildman–Crippen MR) is 132 cm³/mol. The number of thioether (sulfide) groups is 2. The van der Waals surface area contributed by atoms with Crippen LogP contribution >= 0.6 is 23.5 Å². The van der Waals surface area contributed by atoms with E-state index in [1.807, 2.05) is 6.07 Å². The fourth-order valence-corrected chi connectivity index (χ4v) is 6.28. The van der Waals surface area contributed by atoms with Crippen LogP contribution in [0, 0.1) is 11.7 Å². The Labute approximate surface area is 212 Å². The summed E-state index contributed by atoms with van der Waals surface area (Å²) in [4.78, 5) is 35.3. The Morgan fingerprint density at radius 3 is 2.51 bits per heavy atom. The number of hydrogen-bond donors (Lipinski definition) is 6. The number of amides is 2. The zero-order chi connectivity index (χ0) is 26.0. The van der Waals surface area contributed by atoms with Crippen LogP contribution in [-0.4, -0.2) is 79.3 Å². The zero-order valence-corrected chi connectivity index (χ0v) is 20.8. The van der Waals surface area contributed by atoms with E-state index in [0.29, 0.717) is 11.5 Å². The molecular weight excluding hydrogens is 499 g/mol. The first-order chi connectivity index (χ1) is 16.6. The fraction of sp³-hybridized carbons (Fsp3) is 0.609. The number of aliphatic hydroxyl groups excluding tert-OH is 3. The van der Waals surface area contributed by atoms with Crippen LogP contribution in [-0.2, 0) is 20.1 Å². The average molecular weight is 533 g/mol. The van der Waals surface area contributed by atoms with Gasteiger partial charge in [0.1, 0.15) is 18.0 Å². The second kappa shape index (κ2) is 14.6. The second-order valence-electron chi connectivity index (χ2n) is 8.51. The third-order valence-corrected chi connectivity index (χ3v) is 8.40. The monoisotopic (exact) mass is 532 g/mol. The number of nitrogens with two attached hydrogens (primary N) is 1. The molecule has 2 rings (SSSR count). The van der Waals surface area contributed by atoms with E-state index < -0.39 is 53.3 Å². The lowest BCUT2D eigenvalue weighted by molar-refractivity contribution is -0.140. The van der Waals surface area contributed by atoms with E-state index >= 15 is 0 Å². The van der Waals surface area contributed by atoms with Gasteiger partial charge in [0.15, 0.2) is 0 Å². The number of carbonyl (C=O) groups excluding carboxylic acids is 2. The molecule has 0 heterocycles. The van der Waals surface area contributed by atoms with E-state index in [2.05, 4.69) is 5.32 Å². The van der Waals surface area contributed by atoms with Crippen LogP contribution in [0.4, 0.5) is 4.39 Å². The van der Waals surface area contributed by atoms with Gasteiger partial charge in [-0.05, 0) is 54.9 Å². The van der Waals surface area contributed by atoms with E-state index in [4.69, 9.17) is 10.8 Å². The molecule has 196 valence electrons. The van der Waals surface area contributed by atoms with E-state index in [0.717, 1.165) is 24.2 Å². The molecule has 0 aliphatic heterocycles. The molecule has 1 aliphatic carbocycles. The summed E-state index contributed by atoms with van der Waals surface area (Å²) in [5.41, 5.74) is 6.19. The van der Waals surface area contributed by atoms with Gasteiger partial charge in [-0.25, -0.2) is 4.39 Å². The number of carboxylic acid groups (broad SMARTS) is 1.